The number of aromatic nitrogens is 6. The Morgan fingerprint density at radius 2 is 1.88 bits per heavy atom. The molecule has 0 bridgehead atoms. The smallest absolute Gasteiger partial charge is 0.203 e. The number of benzene rings is 1. The van der Waals surface area contributed by atoms with E-state index >= 15 is 0 Å². The second-order valence-corrected chi connectivity index (χ2v) is 8.89. The van der Waals surface area contributed by atoms with Crippen molar-refractivity contribution in [2.45, 2.75) is 52.9 Å². The topological polar surface area (TPSA) is 129 Å². The summed E-state index contributed by atoms with van der Waals surface area (Å²) in [7, 11) is 0. The van der Waals surface area contributed by atoms with Crippen LogP contribution in [0.1, 0.15) is 68.1 Å². The van der Waals surface area contributed by atoms with Gasteiger partial charge in [-0.2, -0.15) is 0 Å². The highest BCUT2D eigenvalue weighted by Gasteiger charge is 2.25. The summed E-state index contributed by atoms with van der Waals surface area (Å²) in [5, 5.41) is 32.9. The average Bonchev–Trinajstić information content (AvgIpc) is 3.40. The van der Waals surface area contributed by atoms with E-state index in [4.69, 9.17) is 0 Å². The Bertz CT molecular complexity index is 1290. The number of azo groups is 1. The third-order valence-electron chi connectivity index (χ3n) is 4.95. The minimum atomic E-state index is -0.465. The fraction of sp³-hybridized carbons (Fsp3) is 0.364. The summed E-state index contributed by atoms with van der Waals surface area (Å²) in [6.07, 6.45) is 0. The number of fused-ring (bicyclic) bond motifs is 1. The summed E-state index contributed by atoms with van der Waals surface area (Å²) in [5.41, 5.74) is 2.95. The van der Waals surface area contributed by atoms with Gasteiger partial charge in [-0.15, -0.1) is 15.9 Å². The molecular formula is C22H25N9O-2. The van der Waals surface area contributed by atoms with Gasteiger partial charge in [0.15, 0.2) is 5.82 Å². The standard InChI is InChI=1S/C22H26N9O/c1-12(2)19-28-29-20-16(17(22(4,5)6)30-31(19)20)25-27-18-15(13(3)24-26-18)21(32)23-14-10-8-7-9-11-14/h7-12H,1-6H3,(H2-,23,24,25,26,27,29,30,32)/q-1/p-1. The lowest BCUT2D eigenvalue weighted by atomic mass is 9.91. The van der Waals surface area contributed by atoms with Crippen molar-refractivity contribution in [2.24, 2.45) is 10.2 Å². The number of hydrogen-bond acceptors (Lipinski definition) is 6. The first-order valence-electron chi connectivity index (χ1n) is 10.4. The monoisotopic (exact) mass is 431 g/mol. The van der Waals surface area contributed by atoms with Crippen LogP contribution in [0.3, 0.4) is 0 Å². The molecule has 0 aliphatic carbocycles. The first-order valence-corrected chi connectivity index (χ1v) is 10.4. The minimum absolute atomic E-state index is 0.120. The quantitative estimate of drug-likeness (QED) is 0.423. The fourth-order valence-electron chi connectivity index (χ4n) is 3.31. The summed E-state index contributed by atoms with van der Waals surface area (Å²) in [6, 6.07) is 9.00. The van der Waals surface area contributed by atoms with Gasteiger partial charge >= 0.3 is 0 Å². The number of nitrogens with zero attached hydrogens (tertiary/aromatic N) is 8. The van der Waals surface area contributed by atoms with Crippen molar-refractivity contribution >= 4 is 28.7 Å². The number of amides is 1. The van der Waals surface area contributed by atoms with Crippen molar-refractivity contribution in [1.29, 1.82) is 0 Å². The molecule has 32 heavy (non-hydrogen) atoms. The van der Waals surface area contributed by atoms with Crippen LogP contribution >= 0.6 is 0 Å². The highest BCUT2D eigenvalue weighted by molar-refractivity contribution is 6.11. The maximum absolute atomic E-state index is 12.8. The van der Waals surface area contributed by atoms with Gasteiger partial charge in [-0.25, -0.2) is 4.52 Å². The van der Waals surface area contributed by atoms with Crippen LogP contribution < -0.4 is 5.10 Å². The largest absolute Gasteiger partial charge is 0.623 e. The number of nitrogens with one attached hydrogen (secondary N) is 1. The maximum Gasteiger partial charge on any atom is 0.203 e. The molecule has 0 unspecified atom stereocenters. The molecule has 4 rings (SSSR count). The van der Waals surface area contributed by atoms with Crippen molar-refractivity contribution in [3.05, 3.63) is 58.4 Å². The Balaban J connectivity index is 1.74. The number of hydrogen-bond donors (Lipinski definition) is 1. The van der Waals surface area contributed by atoms with Crippen molar-refractivity contribution in [3.8, 4) is 0 Å². The molecule has 0 saturated heterocycles. The van der Waals surface area contributed by atoms with Gasteiger partial charge < -0.3 is 20.3 Å². The minimum Gasteiger partial charge on any atom is -0.623 e. The molecule has 0 saturated carbocycles. The first kappa shape index (κ1) is 21.4. The van der Waals surface area contributed by atoms with Crippen molar-refractivity contribution in [1.82, 2.24) is 30.0 Å². The van der Waals surface area contributed by atoms with Crippen LogP contribution in [-0.2, 0) is 5.41 Å². The van der Waals surface area contributed by atoms with Crippen molar-refractivity contribution in [2.75, 3.05) is 0 Å². The molecule has 166 valence electrons. The van der Waals surface area contributed by atoms with Gasteiger partial charge in [-0.1, -0.05) is 65.0 Å². The summed E-state index contributed by atoms with van der Waals surface area (Å²) >= 11 is 0. The zero-order valence-corrected chi connectivity index (χ0v) is 19.0. The van der Waals surface area contributed by atoms with E-state index in [1.165, 1.54) is 0 Å². The molecule has 1 N–H and O–H groups in total. The van der Waals surface area contributed by atoms with Gasteiger partial charge in [0.2, 0.25) is 5.65 Å². The van der Waals surface area contributed by atoms with Crippen LogP contribution in [0.2, 0.25) is 0 Å². The predicted octanol–water partition coefficient (Wildman–Crippen LogP) is 5.40. The van der Waals surface area contributed by atoms with E-state index in [9.17, 15) is 4.79 Å². The summed E-state index contributed by atoms with van der Waals surface area (Å²) in [6.45, 7) is 12.0. The molecule has 10 nitrogen and oxygen atoms in total. The van der Waals surface area contributed by atoms with E-state index in [1.54, 1.807) is 19.1 Å². The molecule has 0 aliphatic rings. The van der Waals surface area contributed by atoms with Gasteiger partial charge in [0, 0.05) is 22.6 Å². The summed E-state index contributed by atoms with van der Waals surface area (Å²) in [4.78, 5) is 12.8. The fourth-order valence-corrected chi connectivity index (χ4v) is 3.31. The summed E-state index contributed by atoms with van der Waals surface area (Å²) in [5.74, 6) is 0.629. The highest BCUT2D eigenvalue weighted by atomic mass is 16.1. The molecule has 1 aromatic carbocycles. The predicted molar refractivity (Wildman–Crippen MR) is 120 cm³/mol. The lowest BCUT2D eigenvalue weighted by Crippen LogP contribution is -2.13. The number of carbonyl (C=O) groups is 1. The van der Waals surface area contributed by atoms with Crippen LogP contribution in [0.5, 0.6) is 0 Å². The number of aromatic amines is 1. The third-order valence-corrected chi connectivity index (χ3v) is 4.95. The molecular weight excluding hydrogens is 406 g/mol. The SMILES string of the molecule is Cc1n[n-]c(N=Nc2c(C(C)(C)C)[nH]n3c(C(C)C)nnc23)c1C(=O)[N-]c1ccccc1. The second-order valence-electron chi connectivity index (χ2n) is 8.89. The van der Waals surface area contributed by atoms with E-state index in [0.29, 0.717) is 22.7 Å². The number of para-hydroxylation sites is 1. The highest BCUT2D eigenvalue weighted by Crippen LogP contribution is 2.36. The third kappa shape index (κ3) is 3.91. The normalized spacial score (nSPS) is 12.3. The van der Waals surface area contributed by atoms with Gasteiger partial charge in [-0.3, -0.25) is 15.3 Å². The molecule has 0 spiro atoms. The molecule has 0 atom stereocenters. The van der Waals surface area contributed by atoms with Crippen molar-refractivity contribution in [3.63, 3.8) is 0 Å². The number of rotatable bonds is 5. The van der Waals surface area contributed by atoms with Crippen LogP contribution in [-0.4, -0.2) is 30.8 Å². The van der Waals surface area contributed by atoms with Crippen LogP contribution in [0, 0.1) is 6.92 Å². The zero-order valence-electron chi connectivity index (χ0n) is 19.0. The van der Waals surface area contributed by atoms with Gasteiger partial charge in [0.25, 0.3) is 0 Å². The zero-order chi connectivity index (χ0) is 23.0. The molecule has 3 aromatic heterocycles. The van der Waals surface area contributed by atoms with Gasteiger partial charge in [-0.05, 0) is 12.7 Å². The van der Waals surface area contributed by atoms with Crippen LogP contribution in [0.15, 0.2) is 40.6 Å². The lowest BCUT2D eigenvalue weighted by Gasteiger charge is -2.21. The Labute approximate surface area is 185 Å². The van der Waals surface area contributed by atoms with E-state index in [0.717, 1.165) is 11.5 Å². The Kier molecular flexibility index (Phi) is 5.37. The molecule has 0 radical (unpaired) electrons. The Morgan fingerprint density at radius 3 is 2.53 bits per heavy atom. The van der Waals surface area contributed by atoms with Crippen LogP contribution in [0.25, 0.3) is 11.0 Å². The van der Waals surface area contributed by atoms with Gasteiger partial charge in [0.1, 0.15) is 5.69 Å². The molecule has 3 heterocycles. The van der Waals surface area contributed by atoms with Gasteiger partial charge in [0.05, 0.1) is 11.6 Å². The van der Waals surface area contributed by atoms with E-state index in [1.807, 2.05) is 36.6 Å². The maximum atomic E-state index is 12.8. The number of H-pyrrole nitrogens is 1. The first-order chi connectivity index (χ1) is 15.2. The Hall–Kier alpha value is -3.82. The lowest BCUT2D eigenvalue weighted by molar-refractivity contribution is 0.103. The molecule has 0 fully saturated rings. The summed E-state index contributed by atoms with van der Waals surface area (Å²) < 4.78 is 1.83. The van der Waals surface area contributed by atoms with E-state index in [2.05, 4.69) is 61.8 Å². The van der Waals surface area contributed by atoms with E-state index in [-0.39, 0.29) is 22.7 Å². The second kappa shape index (κ2) is 8.03. The van der Waals surface area contributed by atoms with Crippen molar-refractivity contribution < 1.29 is 4.79 Å². The molecule has 1 amide bonds. The molecule has 10 heteroatoms. The van der Waals surface area contributed by atoms with Crippen LogP contribution in [0.4, 0.5) is 17.2 Å². The van der Waals surface area contributed by atoms with E-state index < -0.39 is 5.91 Å². The Morgan fingerprint density at radius 1 is 1.16 bits per heavy atom. The number of aryl methyl sites for hydroxylation is 1. The molecule has 0 aliphatic heterocycles. The average molecular weight is 432 g/mol. The number of carbonyl (C=O) groups excluding carboxylic acids is 1. The molecule has 4 aromatic rings.